The van der Waals surface area contributed by atoms with Gasteiger partial charge in [0, 0.05) is 15.5 Å². The summed E-state index contributed by atoms with van der Waals surface area (Å²) >= 11 is 6.90. The minimum Gasteiger partial charge on any atom is -0.298 e. The number of nitrogens with one attached hydrogen (secondary N) is 1. The summed E-state index contributed by atoms with van der Waals surface area (Å²) in [4.78, 5) is 0. The zero-order valence-electron chi connectivity index (χ0n) is 8.77. The highest BCUT2D eigenvalue weighted by molar-refractivity contribution is 9.13. The summed E-state index contributed by atoms with van der Waals surface area (Å²) in [6.07, 6.45) is 5.40. The molecule has 0 amide bonds. The van der Waals surface area contributed by atoms with Crippen LogP contribution in [0.25, 0.3) is 0 Å². The van der Waals surface area contributed by atoms with Crippen molar-refractivity contribution in [3.05, 3.63) is 32.7 Å². The quantitative estimate of drug-likeness (QED) is 0.833. The fourth-order valence-electron chi connectivity index (χ4n) is 1.02. The van der Waals surface area contributed by atoms with Gasteiger partial charge in [0.1, 0.15) is 0 Å². The summed E-state index contributed by atoms with van der Waals surface area (Å²) in [5.41, 5.74) is 0.938. The SMILES string of the molecule is C#CC(C)(C)NCc1ccc(Br)c(Br)c1. The van der Waals surface area contributed by atoms with E-state index in [-0.39, 0.29) is 5.54 Å². The van der Waals surface area contributed by atoms with Crippen LogP contribution in [0.4, 0.5) is 0 Å². The van der Waals surface area contributed by atoms with E-state index in [1.54, 1.807) is 0 Å². The lowest BCUT2D eigenvalue weighted by Gasteiger charge is -2.19. The zero-order chi connectivity index (χ0) is 11.5. The maximum Gasteiger partial charge on any atom is 0.0743 e. The van der Waals surface area contributed by atoms with Crippen molar-refractivity contribution in [2.24, 2.45) is 0 Å². The first kappa shape index (κ1) is 12.8. The van der Waals surface area contributed by atoms with Crippen LogP contribution >= 0.6 is 31.9 Å². The highest BCUT2D eigenvalue weighted by atomic mass is 79.9. The van der Waals surface area contributed by atoms with E-state index in [2.05, 4.69) is 55.2 Å². The number of hydrogen-bond acceptors (Lipinski definition) is 1. The minimum atomic E-state index is -0.264. The second-order valence-corrected chi connectivity index (χ2v) is 5.58. The van der Waals surface area contributed by atoms with Gasteiger partial charge < -0.3 is 0 Å². The summed E-state index contributed by atoms with van der Waals surface area (Å²) in [6, 6.07) is 6.15. The average molecular weight is 331 g/mol. The number of halogens is 2. The molecule has 0 bridgehead atoms. The molecule has 0 aliphatic heterocycles. The van der Waals surface area contributed by atoms with E-state index in [1.807, 2.05) is 19.9 Å². The van der Waals surface area contributed by atoms with E-state index >= 15 is 0 Å². The molecule has 1 N–H and O–H groups in total. The molecule has 0 aliphatic rings. The Bertz CT molecular complexity index is 391. The van der Waals surface area contributed by atoms with Gasteiger partial charge in [0.25, 0.3) is 0 Å². The van der Waals surface area contributed by atoms with E-state index < -0.39 is 0 Å². The third-order valence-electron chi connectivity index (χ3n) is 2.08. The van der Waals surface area contributed by atoms with Gasteiger partial charge in [0.15, 0.2) is 0 Å². The summed E-state index contributed by atoms with van der Waals surface area (Å²) in [5, 5.41) is 3.30. The van der Waals surface area contributed by atoms with E-state index in [0.717, 1.165) is 15.5 Å². The Kier molecular flexibility index (Phi) is 4.39. The standard InChI is InChI=1S/C12H13Br2N/c1-4-12(2,3)15-8-9-5-6-10(13)11(14)7-9/h1,5-7,15H,8H2,2-3H3. The summed E-state index contributed by atoms with van der Waals surface area (Å²) in [7, 11) is 0. The van der Waals surface area contributed by atoms with E-state index in [1.165, 1.54) is 5.56 Å². The van der Waals surface area contributed by atoms with Gasteiger partial charge in [-0.2, -0.15) is 0 Å². The summed E-state index contributed by atoms with van der Waals surface area (Å²) < 4.78 is 2.11. The Morgan fingerprint density at radius 3 is 2.53 bits per heavy atom. The largest absolute Gasteiger partial charge is 0.298 e. The van der Waals surface area contributed by atoms with Crippen molar-refractivity contribution in [2.45, 2.75) is 25.9 Å². The van der Waals surface area contributed by atoms with E-state index in [4.69, 9.17) is 6.42 Å². The molecular formula is C12H13Br2N. The molecule has 0 aliphatic carbocycles. The van der Waals surface area contributed by atoms with Crippen LogP contribution in [0.15, 0.2) is 27.1 Å². The lowest BCUT2D eigenvalue weighted by Crippen LogP contribution is -2.36. The molecule has 0 fully saturated rings. The maximum atomic E-state index is 5.40. The molecule has 15 heavy (non-hydrogen) atoms. The molecule has 0 atom stereocenters. The van der Waals surface area contributed by atoms with Crippen LogP contribution in [0, 0.1) is 12.3 Å². The third-order valence-corrected chi connectivity index (χ3v) is 3.96. The lowest BCUT2D eigenvalue weighted by molar-refractivity contribution is 0.491. The average Bonchev–Trinajstić information content (AvgIpc) is 2.20. The van der Waals surface area contributed by atoms with Crippen molar-refractivity contribution in [1.29, 1.82) is 0 Å². The van der Waals surface area contributed by atoms with Crippen LogP contribution in [0.1, 0.15) is 19.4 Å². The smallest absolute Gasteiger partial charge is 0.0743 e. The summed E-state index contributed by atoms with van der Waals surface area (Å²) in [6.45, 7) is 4.74. The Morgan fingerprint density at radius 1 is 1.33 bits per heavy atom. The van der Waals surface area contributed by atoms with Crippen LogP contribution in [0.2, 0.25) is 0 Å². The predicted molar refractivity (Wildman–Crippen MR) is 71.6 cm³/mol. The van der Waals surface area contributed by atoms with Gasteiger partial charge >= 0.3 is 0 Å². The molecule has 1 aromatic carbocycles. The molecule has 0 saturated carbocycles. The second kappa shape index (κ2) is 5.16. The van der Waals surface area contributed by atoms with Crippen molar-refractivity contribution in [3.63, 3.8) is 0 Å². The van der Waals surface area contributed by atoms with Crippen molar-refractivity contribution in [3.8, 4) is 12.3 Å². The molecule has 0 unspecified atom stereocenters. The number of rotatable bonds is 3. The Balaban J connectivity index is 2.67. The first-order chi connectivity index (χ1) is 6.94. The predicted octanol–water partition coefficient (Wildman–Crippen LogP) is 3.71. The highest BCUT2D eigenvalue weighted by Crippen LogP contribution is 2.23. The van der Waals surface area contributed by atoms with E-state index in [0.29, 0.717) is 0 Å². The molecule has 1 nitrogen and oxygen atoms in total. The molecule has 0 saturated heterocycles. The lowest BCUT2D eigenvalue weighted by atomic mass is 10.1. The molecule has 0 heterocycles. The van der Waals surface area contributed by atoms with Crippen LogP contribution in [0.5, 0.6) is 0 Å². The molecule has 3 heteroatoms. The molecule has 0 radical (unpaired) electrons. The topological polar surface area (TPSA) is 12.0 Å². The second-order valence-electron chi connectivity index (χ2n) is 3.87. The number of terminal acetylenes is 1. The van der Waals surface area contributed by atoms with Crippen LogP contribution < -0.4 is 5.32 Å². The van der Waals surface area contributed by atoms with Crippen molar-refractivity contribution in [1.82, 2.24) is 5.32 Å². The van der Waals surface area contributed by atoms with E-state index in [9.17, 15) is 0 Å². The monoisotopic (exact) mass is 329 g/mol. The van der Waals surface area contributed by atoms with Gasteiger partial charge in [-0.05, 0) is 63.4 Å². The fourth-order valence-corrected chi connectivity index (χ4v) is 1.70. The van der Waals surface area contributed by atoms with Gasteiger partial charge in [0.2, 0.25) is 0 Å². The van der Waals surface area contributed by atoms with Crippen molar-refractivity contribution in [2.75, 3.05) is 0 Å². The van der Waals surface area contributed by atoms with Crippen LogP contribution in [-0.4, -0.2) is 5.54 Å². The van der Waals surface area contributed by atoms with Crippen molar-refractivity contribution >= 4 is 31.9 Å². The Morgan fingerprint density at radius 2 is 2.00 bits per heavy atom. The van der Waals surface area contributed by atoms with Gasteiger partial charge in [-0.15, -0.1) is 6.42 Å². The van der Waals surface area contributed by atoms with Gasteiger partial charge in [-0.1, -0.05) is 12.0 Å². The summed E-state index contributed by atoms with van der Waals surface area (Å²) in [5.74, 6) is 2.71. The maximum absolute atomic E-state index is 5.40. The third kappa shape index (κ3) is 3.98. The van der Waals surface area contributed by atoms with Gasteiger partial charge in [-0.3, -0.25) is 5.32 Å². The van der Waals surface area contributed by atoms with Gasteiger partial charge in [-0.25, -0.2) is 0 Å². The molecule has 0 aromatic heterocycles. The Hall–Kier alpha value is -0.300. The first-order valence-corrected chi connectivity index (χ1v) is 6.20. The minimum absolute atomic E-state index is 0.264. The first-order valence-electron chi connectivity index (χ1n) is 4.61. The zero-order valence-corrected chi connectivity index (χ0v) is 11.9. The van der Waals surface area contributed by atoms with Crippen molar-refractivity contribution < 1.29 is 0 Å². The fraction of sp³-hybridized carbons (Fsp3) is 0.333. The highest BCUT2D eigenvalue weighted by Gasteiger charge is 2.12. The van der Waals surface area contributed by atoms with Gasteiger partial charge in [0.05, 0.1) is 5.54 Å². The molecule has 1 aromatic rings. The molecular weight excluding hydrogens is 318 g/mol. The number of benzene rings is 1. The molecule has 80 valence electrons. The normalized spacial score (nSPS) is 11.1. The molecule has 0 spiro atoms. The van der Waals surface area contributed by atoms with Crippen LogP contribution in [0.3, 0.4) is 0 Å². The number of hydrogen-bond donors (Lipinski definition) is 1. The van der Waals surface area contributed by atoms with Crippen LogP contribution in [-0.2, 0) is 6.54 Å². The Labute approximate surface area is 108 Å². The molecule has 1 rings (SSSR count).